The van der Waals surface area contributed by atoms with Crippen LogP contribution in [0.25, 0.3) is 0 Å². The summed E-state index contributed by atoms with van der Waals surface area (Å²) in [6.45, 7) is 0. The zero-order valence-electron chi connectivity index (χ0n) is 9.03. The van der Waals surface area contributed by atoms with Crippen LogP contribution in [0.1, 0.15) is 15.4 Å². The first-order chi connectivity index (χ1) is 8.86. The lowest BCUT2D eigenvalue weighted by Gasteiger charge is -2.00. The Balaban J connectivity index is 2.11. The molecule has 1 aromatic heterocycles. The summed E-state index contributed by atoms with van der Waals surface area (Å²) in [4.78, 5) is 11.6. The highest BCUT2D eigenvalue weighted by Crippen LogP contribution is 2.33. The molecule has 0 aliphatic carbocycles. The second kappa shape index (κ2) is 4.92. The number of hydrogen-bond donors (Lipinski definition) is 1. The van der Waals surface area contributed by atoms with Crippen LogP contribution in [0, 0.1) is 5.82 Å². The molecule has 19 heavy (non-hydrogen) atoms. The topological polar surface area (TPSA) is 54.9 Å². The van der Waals surface area contributed by atoms with Gasteiger partial charge in [0.05, 0.1) is 0 Å². The van der Waals surface area contributed by atoms with Gasteiger partial charge in [0.1, 0.15) is 5.82 Å². The maximum Gasteiger partial charge on any atom is 0.445 e. The summed E-state index contributed by atoms with van der Waals surface area (Å²) in [5.41, 5.74) is 0.102. The number of anilines is 1. The Morgan fingerprint density at radius 1 is 1.16 bits per heavy atom. The molecule has 1 aromatic carbocycles. The van der Waals surface area contributed by atoms with E-state index in [4.69, 9.17) is 0 Å². The molecule has 0 spiro atoms. The second-order valence-electron chi connectivity index (χ2n) is 3.37. The van der Waals surface area contributed by atoms with Gasteiger partial charge in [-0.2, -0.15) is 13.2 Å². The standard InChI is InChI=1S/C10H5F4N3OS/c11-6-3-1-5(2-4-6)7(18)15-9-17-16-8(19-9)10(12,13)14/h1-4H,(H,15,17,18). The molecule has 0 aliphatic rings. The van der Waals surface area contributed by atoms with Crippen molar-refractivity contribution in [3.8, 4) is 0 Å². The van der Waals surface area contributed by atoms with E-state index < -0.39 is 22.9 Å². The highest BCUT2D eigenvalue weighted by atomic mass is 32.1. The third-order valence-electron chi connectivity index (χ3n) is 1.99. The SMILES string of the molecule is O=C(Nc1nnc(C(F)(F)F)s1)c1ccc(F)cc1. The molecule has 0 radical (unpaired) electrons. The van der Waals surface area contributed by atoms with E-state index in [0.717, 1.165) is 12.1 Å². The average Bonchev–Trinajstić information content (AvgIpc) is 2.78. The lowest BCUT2D eigenvalue weighted by Crippen LogP contribution is -2.11. The van der Waals surface area contributed by atoms with E-state index in [2.05, 4.69) is 15.5 Å². The van der Waals surface area contributed by atoms with E-state index in [1.165, 1.54) is 12.1 Å². The first kappa shape index (κ1) is 13.4. The normalized spacial score (nSPS) is 11.4. The molecule has 0 saturated heterocycles. The van der Waals surface area contributed by atoms with Crippen LogP contribution < -0.4 is 5.32 Å². The molecule has 0 aliphatic heterocycles. The van der Waals surface area contributed by atoms with Crippen molar-refractivity contribution in [2.75, 3.05) is 5.32 Å². The van der Waals surface area contributed by atoms with Crippen LogP contribution in [0.2, 0.25) is 0 Å². The number of carbonyl (C=O) groups excluding carboxylic acids is 1. The number of nitrogens with zero attached hydrogens (tertiary/aromatic N) is 2. The smallest absolute Gasteiger partial charge is 0.296 e. The van der Waals surface area contributed by atoms with Crippen molar-refractivity contribution in [3.05, 3.63) is 40.7 Å². The molecule has 0 fully saturated rings. The number of amides is 1. The van der Waals surface area contributed by atoms with Crippen LogP contribution in [0.4, 0.5) is 22.7 Å². The van der Waals surface area contributed by atoms with Crippen molar-refractivity contribution in [1.82, 2.24) is 10.2 Å². The lowest BCUT2D eigenvalue weighted by molar-refractivity contribution is -0.138. The summed E-state index contributed by atoms with van der Waals surface area (Å²) in [5, 5.41) is 6.85. The summed E-state index contributed by atoms with van der Waals surface area (Å²) >= 11 is 0.213. The lowest BCUT2D eigenvalue weighted by atomic mass is 10.2. The number of halogens is 4. The van der Waals surface area contributed by atoms with Crippen LogP contribution in [0.15, 0.2) is 24.3 Å². The first-order valence-corrected chi connectivity index (χ1v) is 5.65. The van der Waals surface area contributed by atoms with Crippen molar-refractivity contribution >= 4 is 22.4 Å². The zero-order valence-corrected chi connectivity index (χ0v) is 9.85. The maximum absolute atomic E-state index is 12.6. The van der Waals surface area contributed by atoms with Crippen LogP contribution in [-0.2, 0) is 6.18 Å². The van der Waals surface area contributed by atoms with Crippen molar-refractivity contribution < 1.29 is 22.4 Å². The number of aromatic nitrogens is 2. The van der Waals surface area contributed by atoms with Gasteiger partial charge in [0.25, 0.3) is 5.91 Å². The number of rotatable bonds is 2. The Hall–Kier alpha value is -2.03. The molecular weight excluding hydrogens is 286 g/mol. The molecule has 100 valence electrons. The molecule has 1 heterocycles. The number of nitrogens with one attached hydrogen (secondary N) is 1. The molecule has 2 aromatic rings. The molecule has 2 rings (SSSR count). The van der Waals surface area contributed by atoms with Gasteiger partial charge in [-0.25, -0.2) is 4.39 Å². The quantitative estimate of drug-likeness (QED) is 0.865. The van der Waals surface area contributed by atoms with Crippen LogP contribution in [0.3, 0.4) is 0 Å². The highest BCUT2D eigenvalue weighted by molar-refractivity contribution is 7.15. The fourth-order valence-electron chi connectivity index (χ4n) is 1.16. The summed E-state index contributed by atoms with van der Waals surface area (Å²) in [6, 6.07) is 4.54. The summed E-state index contributed by atoms with van der Waals surface area (Å²) in [7, 11) is 0. The minimum Gasteiger partial charge on any atom is -0.296 e. The Morgan fingerprint density at radius 2 is 1.79 bits per heavy atom. The van der Waals surface area contributed by atoms with E-state index >= 15 is 0 Å². The molecule has 0 bridgehead atoms. The fraction of sp³-hybridized carbons (Fsp3) is 0.100. The molecule has 0 saturated carbocycles. The zero-order chi connectivity index (χ0) is 14.0. The number of carbonyl (C=O) groups is 1. The van der Waals surface area contributed by atoms with Gasteiger partial charge in [0.2, 0.25) is 10.1 Å². The minimum atomic E-state index is -4.60. The second-order valence-corrected chi connectivity index (χ2v) is 4.35. The van der Waals surface area contributed by atoms with Gasteiger partial charge in [-0.1, -0.05) is 11.3 Å². The first-order valence-electron chi connectivity index (χ1n) is 4.84. The maximum atomic E-state index is 12.6. The monoisotopic (exact) mass is 291 g/mol. The number of alkyl halides is 3. The van der Waals surface area contributed by atoms with Crippen molar-refractivity contribution in [2.24, 2.45) is 0 Å². The predicted octanol–water partition coefficient (Wildman–Crippen LogP) is 2.95. The fourth-order valence-corrected chi connectivity index (χ4v) is 1.76. The Bertz CT molecular complexity index is 594. The van der Waals surface area contributed by atoms with E-state index in [1.807, 2.05) is 0 Å². The molecule has 1 amide bonds. The van der Waals surface area contributed by atoms with Gasteiger partial charge >= 0.3 is 6.18 Å². The molecule has 1 N–H and O–H groups in total. The Morgan fingerprint density at radius 3 is 2.32 bits per heavy atom. The van der Waals surface area contributed by atoms with Gasteiger partial charge in [-0.15, -0.1) is 10.2 Å². The van der Waals surface area contributed by atoms with Gasteiger partial charge in [-0.3, -0.25) is 10.1 Å². The third-order valence-corrected chi connectivity index (χ3v) is 2.88. The minimum absolute atomic E-state index is 0.102. The van der Waals surface area contributed by atoms with E-state index in [1.54, 1.807) is 0 Å². The molecule has 4 nitrogen and oxygen atoms in total. The van der Waals surface area contributed by atoms with E-state index in [0.29, 0.717) is 0 Å². The van der Waals surface area contributed by atoms with E-state index in [9.17, 15) is 22.4 Å². The van der Waals surface area contributed by atoms with Gasteiger partial charge in [0, 0.05) is 5.56 Å². The molecule has 0 atom stereocenters. The number of benzene rings is 1. The summed E-state index contributed by atoms with van der Waals surface area (Å²) in [5.74, 6) is -1.21. The molecular formula is C10H5F4N3OS. The molecule has 0 unspecified atom stereocenters. The van der Waals surface area contributed by atoms with Crippen LogP contribution in [-0.4, -0.2) is 16.1 Å². The highest BCUT2D eigenvalue weighted by Gasteiger charge is 2.35. The van der Waals surface area contributed by atoms with Crippen molar-refractivity contribution in [3.63, 3.8) is 0 Å². The van der Waals surface area contributed by atoms with Gasteiger partial charge < -0.3 is 0 Å². The van der Waals surface area contributed by atoms with Gasteiger partial charge in [0.15, 0.2) is 0 Å². The summed E-state index contributed by atoms with van der Waals surface area (Å²) < 4.78 is 49.4. The Kier molecular flexibility index (Phi) is 3.47. The predicted molar refractivity (Wildman–Crippen MR) is 59.3 cm³/mol. The average molecular weight is 291 g/mol. The van der Waals surface area contributed by atoms with Crippen molar-refractivity contribution in [1.29, 1.82) is 0 Å². The number of hydrogen-bond acceptors (Lipinski definition) is 4. The van der Waals surface area contributed by atoms with Gasteiger partial charge in [-0.05, 0) is 24.3 Å². The molecule has 9 heteroatoms. The van der Waals surface area contributed by atoms with Crippen molar-refractivity contribution in [2.45, 2.75) is 6.18 Å². The largest absolute Gasteiger partial charge is 0.445 e. The third kappa shape index (κ3) is 3.25. The van der Waals surface area contributed by atoms with E-state index in [-0.39, 0.29) is 22.0 Å². The van der Waals surface area contributed by atoms with Crippen LogP contribution >= 0.6 is 11.3 Å². The summed E-state index contributed by atoms with van der Waals surface area (Å²) in [6.07, 6.45) is -4.60. The van der Waals surface area contributed by atoms with Crippen LogP contribution in [0.5, 0.6) is 0 Å². The Labute approximate surface area is 108 Å².